The van der Waals surface area contributed by atoms with Crippen LogP contribution < -0.4 is 15.2 Å². The molecular formula is C22H32N5O7P. The first-order valence-electron chi connectivity index (χ1n) is 11.2. The molecule has 3 aromatic rings. The number of methoxy groups -OCH3 is 1. The molecule has 3 rings (SSSR count). The van der Waals surface area contributed by atoms with Crippen molar-refractivity contribution in [2.45, 2.75) is 39.0 Å². The lowest BCUT2D eigenvalue weighted by molar-refractivity contribution is 0.0228. The van der Waals surface area contributed by atoms with Gasteiger partial charge in [-0.2, -0.15) is 9.97 Å². The van der Waals surface area contributed by atoms with Gasteiger partial charge in [-0.1, -0.05) is 25.1 Å². The molecule has 0 amide bonds. The lowest BCUT2D eigenvalue weighted by Gasteiger charge is -2.22. The lowest BCUT2D eigenvalue weighted by atomic mass is 10.3. The molecule has 13 heteroatoms. The summed E-state index contributed by atoms with van der Waals surface area (Å²) >= 11 is 0. The van der Waals surface area contributed by atoms with E-state index in [1.54, 1.807) is 24.9 Å². The van der Waals surface area contributed by atoms with Gasteiger partial charge in [0.05, 0.1) is 25.6 Å². The number of aromatic nitrogens is 4. The molecule has 1 aromatic carbocycles. The fourth-order valence-electron chi connectivity index (χ4n) is 3.02. The average molecular weight is 510 g/mol. The number of nitrogens with zero attached hydrogens (tertiary/aromatic N) is 4. The van der Waals surface area contributed by atoms with Crippen LogP contribution in [0.25, 0.3) is 11.2 Å². The van der Waals surface area contributed by atoms with Crippen molar-refractivity contribution in [2.24, 2.45) is 0 Å². The molecule has 12 nitrogen and oxygen atoms in total. The number of rotatable bonds is 15. The van der Waals surface area contributed by atoms with Crippen LogP contribution >= 0.6 is 7.60 Å². The van der Waals surface area contributed by atoms with Gasteiger partial charge in [-0.3, -0.25) is 4.57 Å². The van der Waals surface area contributed by atoms with Gasteiger partial charge in [-0.25, -0.2) is 4.98 Å². The maximum absolute atomic E-state index is 12.5. The van der Waals surface area contributed by atoms with Gasteiger partial charge in [0.2, 0.25) is 0 Å². The van der Waals surface area contributed by atoms with Crippen LogP contribution in [0.3, 0.4) is 0 Å². The first-order valence-corrected chi connectivity index (χ1v) is 13.0. The standard InChI is InChI=1S/C22H32N5O7P/c1-4-16(2)34-35(28,29)15-33-18(13-32-17-8-6-5-7-9-17)12-27-14-24-19-20(23)25-22(26-21(19)27)31-11-10-30-3/h5-9,14,16,18H,4,10-13,15H2,1-3H3,(H,28,29)(H2,23,25,26). The van der Waals surface area contributed by atoms with Crippen LogP contribution in [0.5, 0.6) is 11.8 Å². The van der Waals surface area contributed by atoms with Crippen molar-refractivity contribution >= 4 is 24.6 Å². The van der Waals surface area contributed by atoms with Gasteiger partial charge in [0.1, 0.15) is 31.4 Å². The number of fused-ring (bicyclic) bond motifs is 1. The number of hydrogen-bond donors (Lipinski definition) is 2. The minimum atomic E-state index is -3.96. The summed E-state index contributed by atoms with van der Waals surface area (Å²) < 4.78 is 41.5. The third-order valence-corrected chi connectivity index (χ3v) is 6.13. The average Bonchev–Trinajstić information content (AvgIpc) is 3.24. The lowest BCUT2D eigenvalue weighted by Crippen LogP contribution is -2.28. The maximum atomic E-state index is 12.5. The number of hydrogen-bond acceptors (Lipinski definition) is 10. The summed E-state index contributed by atoms with van der Waals surface area (Å²) in [6.45, 7) is 4.53. The van der Waals surface area contributed by atoms with E-state index in [1.807, 2.05) is 37.3 Å². The fourth-order valence-corrected chi connectivity index (χ4v) is 4.20. The van der Waals surface area contributed by atoms with Crippen LogP contribution in [0.4, 0.5) is 5.82 Å². The van der Waals surface area contributed by atoms with E-state index in [1.165, 1.54) is 0 Å². The molecular weight excluding hydrogens is 477 g/mol. The minimum Gasteiger partial charge on any atom is -0.491 e. The summed E-state index contributed by atoms with van der Waals surface area (Å²) in [4.78, 5) is 23.0. The fraction of sp³-hybridized carbons (Fsp3) is 0.500. The highest BCUT2D eigenvalue weighted by Gasteiger charge is 2.26. The number of nitrogen functional groups attached to an aromatic ring is 1. The van der Waals surface area contributed by atoms with Crippen molar-refractivity contribution in [3.63, 3.8) is 0 Å². The van der Waals surface area contributed by atoms with Crippen LogP contribution in [0.2, 0.25) is 0 Å². The number of nitrogens with two attached hydrogens (primary N) is 1. The number of imidazole rings is 1. The molecule has 0 aliphatic rings. The normalized spacial score (nSPS) is 15.0. The van der Waals surface area contributed by atoms with Gasteiger partial charge in [-0.15, -0.1) is 0 Å². The van der Waals surface area contributed by atoms with E-state index in [0.29, 0.717) is 29.9 Å². The minimum absolute atomic E-state index is 0.0913. The van der Waals surface area contributed by atoms with Crippen molar-refractivity contribution in [3.05, 3.63) is 36.7 Å². The molecule has 0 aliphatic heterocycles. The van der Waals surface area contributed by atoms with Crippen LogP contribution in [-0.4, -0.2) is 69.9 Å². The number of benzene rings is 1. The first-order chi connectivity index (χ1) is 16.8. The van der Waals surface area contributed by atoms with Gasteiger partial charge in [0.15, 0.2) is 17.0 Å². The topological polar surface area (TPSA) is 153 Å². The van der Waals surface area contributed by atoms with E-state index in [4.69, 9.17) is 29.2 Å². The van der Waals surface area contributed by atoms with Gasteiger partial charge >= 0.3 is 13.6 Å². The zero-order valence-electron chi connectivity index (χ0n) is 20.1. The highest BCUT2D eigenvalue weighted by atomic mass is 31.2. The first kappa shape index (κ1) is 26.8. The molecule has 0 aliphatic carbocycles. The van der Waals surface area contributed by atoms with Gasteiger partial charge in [-0.05, 0) is 25.5 Å². The predicted molar refractivity (Wildman–Crippen MR) is 129 cm³/mol. The van der Waals surface area contributed by atoms with E-state index < -0.39 is 20.0 Å². The third kappa shape index (κ3) is 8.15. The summed E-state index contributed by atoms with van der Waals surface area (Å²) in [6.07, 6.45) is 0.642. The Kier molecular flexibility index (Phi) is 9.82. The van der Waals surface area contributed by atoms with E-state index in [-0.39, 0.29) is 37.7 Å². The molecule has 0 saturated heterocycles. The number of anilines is 1. The zero-order valence-corrected chi connectivity index (χ0v) is 21.0. The largest absolute Gasteiger partial charge is 0.491 e. The molecule has 2 heterocycles. The van der Waals surface area contributed by atoms with Crippen LogP contribution in [0, 0.1) is 0 Å². The molecule has 0 radical (unpaired) electrons. The summed E-state index contributed by atoms with van der Waals surface area (Å²) in [7, 11) is -2.40. The van der Waals surface area contributed by atoms with E-state index >= 15 is 0 Å². The molecule has 0 fully saturated rings. The highest BCUT2D eigenvalue weighted by molar-refractivity contribution is 7.52. The Morgan fingerprint density at radius 1 is 1.17 bits per heavy atom. The summed E-state index contributed by atoms with van der Waals surface area (Å²) in [5, 5.41) is 0. The SMILES string of the molecule is CCC(C)OP(=O)(O)COC(COc1ccccc1)Cn1cnc2c(N)nc(OCCOC)nc21. The molecule has 3 N–H and O–H groups in total. The summed E-state index contributed by atoms with van der Waals surface area (Å²) in [5.41, 5.74) is 6.87. The Balaban J connectivity index is 1.78. The molecule has 3 unspecified atom stereocenters. The molecule has 3 atom stereocenters. The Morgan fingerprint density at radius 2 is 1.94 bits per heavy atom. The Labute approximate surface area is 203 Å². The Bertz CT molecular complexity index is 1110. The quantitative estimate of drug-likeness (QED) is 0.230. The number of para-hydroxylation sites is 1. The Morgan fingerprint density at radius 3 is 2.66 bits per heavy atom. The molecule has 0 spiro atoms. The Hall–Kier alpha value is -2.76. The van der Waals surface area contributed by atoms with Crippen molar-refractivity contribution in [3.8, 4) is 11.8 Å². The predicted octanol–water partition coefficient (Wildman–Crippen LogP) is 2.86. The van der Waals surface area contributed by atoms with Crippen molar-refractivity contribution in [1.29, 1.82) is 0 Å². The maximum Gasteiger partial charge on any atom is 0.353 e. The van der Waals surface area contributed by atoms with Crippen LogP contribution in [-0.2, 0) is 25.1 Å². The van der Waals surface area contributed by atoms with Gasteiger partial charge in [0, 0.05) is 7.11 Å². The molecule has 2 aromatic heterocycles. The molecule has 192 valence electrons. The zero-order chi connectivity index (χ0) is 25.3. The summed E-state index contributed by atoms with van der Waals surface area (Å²) in [5.74, 6) is 0.806. The molecule has 0 bridgehead atoms. The molecule has 35 heavy (non-hydrogen) atoms. The van der Waals surface area contributed by atoms with Crippen LogP contribution in [0.15, 0.2) is 36.7 Å². The molecule has 0 saturated carbocycles. The van der Waals surface area contributed by atoms with E-state index in [2.05, 4.69) is 15.0 Å². The van der Waals surface area contributed by atoms with Crippen molar-refractivity contribution in [1.82, 2.24) is 19.5 Å². The monoisotopic (exact) mass is 509 g/mol. The van der Waals surface area contributed by atoms with Crippen molar-refractivity contribution in [2.75, 3.05) is 39.0 Å². The van der Waals surface area contributed by atoms with Crippen LogP contribution in [0.1, 0.15) is 20.3 Å². The second-order valence-corrected chi connectivity index (χ2v) is 9.55. The van der Waals surface area contributed by atoms with Gasteiger partial charge < -0.3 is 38.7 Å². The second kappa shape index (κ2) is 12.8. The number of ether oxygens (including phenoxy) is 4. The van der Waals surface area contributed by atoms with Gasteiger partial charge in [0.25, 0.3) is 0 Å². The smallest absolute Gasteiger partial charge is 0.353 e. The highest BCUT2D eigenvalue weighted by Crippen LogP contribution is 2.44. The van der Waals surface area contributed by atoms with Crippen molar-refractivity contribution < 1.29 is 32.9 Å². The third-order valence-electron chi connectivity index (χ3n) is 4.96. The second-order valence-electron chi connectivity index (χ2n) is 7.81. The van der Waals surface area contributed by atoms with E-state index in [0.717, 1.165) is 0 Å². The van der Waals surface area contributed by atoms with E-state index in [9.17, 15) is 9.46 Å². The summed E-state index contributed by atoms with van der Waals surface area (Å²) in [6, 6.07) is 9.29.